The van der Waals surface area contributed by atoms with Crippen LogP contribution in [0.1, 0.15) is 30.6 Å². The Kier molecular flexibility index (Phi) is 8.96. The minimum atomic E-state index is -0.271. The molecule has 156 valence electrons. The predicted molar refractivity (Wildman–Crippen MR) is 118 cm³/mol. The first-order valence-corrected chi connectivity index (χ1v) is 10.0. The van der Waals surface area contributed by atoms with E-state index in [1.54, 1.807) is 60.5 Å². The highest BCUT2D eigenvalue weighted by Crippen LogP contribution is 2.19. The maximum Gasteiger partial charge on any atom is 0.319 e. The lowest BCUT2D eigenvalue weighted by molar-refractivity contribution is 0.0993. The molecule has 0 aromatic heterocycles. The van der Waals surface area contributed by atoms with Crippen LogP contribution in [0.3, 0.4) is 0 Å². The SMILES string of the molecule is CC(C)COCCCNC(=O)Nc1ccc(N(C)C(=O)c2ccc(Cl)cc2)cc1. The van der Waals surface area contributed by atoms with E-state index in [2.05, 4.69) is 24.5 Å². The summed E-state index contributed by atoms with van der Waals surface area (Å²) in [5, 5.41) is 6.16. The fourth-order valence-corrected chi connectivity index (χ4v) is 2.67. The largest absolute Gasteiger partial charge is 0.381 e. The Morgan fingerprint density at radius 3 is 2.34 bits per heavy atom. The molecule has 7 heteroatoms. The van der Waals surface area contributed by atoms with Crippen molar-refractivity contribution in [2.75, 3.05) is 37.0 Å². The van der Waals surface area contributed by atoms with Crippen molar-refractivity contribution in [1.82, 2.24) is 5.32 Å². The second kappa shape index (κ2) is 11.4. The van der Waals surface area contributed by atoms with Gasteiger partial charge < -0.3 is 20.3 Å². The number of nitrogens with one attached hydrogen (secondary N) is 2. The Bertz CT molecular complexity index is 792. The highest BCUT2D eigenvalue weighted by atomic mass is 35.5. The minimum Gasteiger partial charge on any atom is -0.381 e. The van der Waals surface area contributed by atoms with Crippen LogP contribution in [-0.4, -0.2) is 38.7 Å². The van der Waals surface area contributed by atoms with E-state index in [-0.39, 0.29) is 11.9 Å². The molecule has 2 N–H and O–H groups in total. The van der Waals surface area contributed by atoms with Gasteiger partial charge in [0.25, 0.3) is 5.91 Å². The first-order valence-electron chi connectivity index (χ1n) is 9.63. The zero-order chi connectivity index (χ0) is 21.2. The van der Waals surface area contributed by atoms with Crippen LogP contribution in [-0.2, 0) is 4.74 Å². The molecule has 6 nitrogen and oxygen atoms in total. The van der Waals surface area contributed by atoms with Crippen molar-refractivity contribution in [3.63, 3.8) is 0 Å². The molecule has 0 unspecified atom stereocenters. The van der Waals surface area contributed by atoms with E-state index in [9.17, 15) is 9.59 Å². The smallest absolute Gasteiger partial charge is 0.319 e. The molecule has 0 heterocycles. The summed E-state index contributed by atoms with van der Waals surface area (Å²) in [6.45, 7) is 6.10. The van der Waals surface area contributed by atoms with Crippen LogP contribution in [0.5, 0.6) is 0 Å². The summed E-state index contributed by atoms with van der Waals surface area (Å²) >= 11 is 5.87. The highest BCUT2D eigenvalue weighted by molar-refractivity contribution is 6.30. The van der Waals surface area contributed by atoms with Gasteiger partial charge in [-0.3, -0.25) is 4.79 Å². The van der Waals surface area contributed by atoms with Crippen molar-refractivity contribution >= 4 is 34.9 Å². The molecule has 29 heavy (non-hydrogen) atoms. The number of carbonyl (C=O) groups excluding carboxylic acids is 2. The first-order chi connectivity index (χ1) is 13.9. The van der Waals surface area contributed by atoms with Crippen LogP contribution in [0.2, 0.25) is 5.02 Å². The van der Waals surface area contributed by atoms with Crippen LogP contribution in [0.25, 0.3) is 0 Å². The van der Waals surface area contributed by atoms with Crippen LogP contribution in [0.4, 0.5) is 16.2 Å². The van der Waals surface area contributed by atoms with Gasteiger partial charge in [0.05, 0.1) is 0 Å². The zero-order valence-electron chi connectivity index (χ0n) is 17.1. The van der Waals surface area contributed by atoms with E-state index in [4.69, 9.17) is 16.3 Å². The topological polar surface area (TPSA) is 70.7 Å². The Hall–Kier alpha value is -2.57. The average Bonchev–Trinajstić information content (AvgIpc) is 2.70. The van der Waals surface area contributed by atoms with Crippen molar-refractivity contribution < 1.29 is 14.3 Å². The first kappa shape index (κ1) is 22.7. The highest BCUT2D eigenvalue weighted by Gasteiger charge is 2.13. The van der Waals surface area contributed by atoms with E-state index in [0.29, 0.717) is 35.3 Å². The van der Waals surface area contributed by atoms with Crippen LogP contribution in [0, 0.1) is 5.92 Å². The van der Waals surface area contributed by atoms with Crippen LogP contribution >= 0.6 is 11.6 Å². The second-order valence-electron chi connectivity index (χ2n) is 7.12. The van der Waals surface area contributed by atoms with Gasteiger partial charge in [-0.25, -0.2) is 4.79 Å². The van der Waals surface area contributed by atoms with Gasteiger partial charge in [0, 0.05) is 48.8 Å². The van der Waals surface area contributed by atoms with E-state index >= 15 is 0 Å². The summed E-state index contributed by atoms with van der Waals surface area (Å²) in [7, 11) is 1.70. The van der Waals surface area contributed by atoms with Crippen molar-refractivity contribution in [1.29, 1.82) is 0 Å². The second-order valence-corrected chi connectivity index (χ2v) is 7.56. The molecule has 0 fully saturated rings. The fourth-order valence-electron chi connectivity index (χ4n) is 2.54. The van der Waals surface area contributed by atoms with E-state index in [1.165, 1.54) is 0 Å². The molecule has 0 saturated carbocycles. The van der Waals surface area contributed by atoms with Crippen molar-refractivity contribution in [2.45, 2.75) is 20.3 Å². The lowest BCUT2D eigenvalue weighted by Crippen LogP contribution is -2.30. The summed E-state index contributed by atoms with van der Waals surface area (Å²) in [5.41, 5.74) is 1.92. The molecule has 2 rings (SSSR count). The number of amides is 3. The summed E-state index contributed by atoms with van der Waals surface area (Å²) in [6.07, 6.45) is 0.761. The van der Waals surface area contributed by atoms with E-state index in [0.717, 1.165) is 18.7 Å². The number of urea groups is 1. The summed E-state index contributed by atoms with van der Waals surface area (Å²) in [5.74, 6) is 0.370. The molecule has 0 radical (unpaired) electrons. The number of halogens is 1. The van der Waals surface area contributed by atoms with Crippen molar-refractivity contribution in [3.8, 4) is 0 Å². The molecular weight excluding hydrogens is 390 g/mol. The summed E-state index contributed by atoms with van der Waals surface area (Å²) in [4.78, 5) is 26.0. The Labute approximate surface area is 177 Å². The van der Waals surface area contributed by atoms with Crippen LogP contribution < -0.4 is 15.5 Å². The average molecular weight is 418 g/mol. The van der Waals surface area contributed by atoms with Gasteiger partial charge in [-0.15, -0.1) is 0 Å². The normalized spacial score (nSPS) is 10.7. The molecule has 0 aliphatic carbocycles. The Balaban J connectivity index is 1.79. The van der Waals surface area contributed by atoms with Gasteiger partial charge in [0.15, 0.2) is 0 Å². The summed E-state index contributed by atoms with van der Waals surface area (Å²) < 4.78 is 5.48. The predicted octanol–water partition coefficient (Wildman–Crippen LogP) is 4.80. The Morgan fingerprint density at radius 1 is 1.07 bits per heavy atom. The van der Waals surface area contributed by atoms with Gasteiger partial charge in [-0.1, -0.05) is 25.4 Å². The molecule has 0 bridgehead atoms. The number of benzene rings is 2. The number of hydrogen-bond donors (Lipinski definition) is 2. The fraction of sp³-hybridized carbons (Fsp3) is 0.364. The lowest BCUT2D eigenvalue weighted by atomic mass is 10.2. The molecule has 0 aliphatic rings. The maximum atomic E-state index is 12.5. The van der Waals surface area contributed by atoms with E-state index in [1.807, 2.05) is 0 Å². The van der Waals surface area contributed by atoms with Gasteiger partial charge in [-0.2, -0.15) is 0 Å². The molecule has 0 atom stereocenters. The van der Waals surface area contributed by atoms with Gasteiger partial charge >= 0.3 is 6.03 Å². The maximum absolute atomic E-state index is 12.5. The third kappa shape index (κ3) is 7.75. The number of nitrogens with zero attached hydrogens (tertiary/aromatic N) is 1. The van der Waals surface area contributed by atoms with Crippen molar-refractivity contribution in [2.24, 2.45) is 5.92 Å². The van der Waals surface area contributed by atoms with Gasteiger partial charge in [0.1, 0.15) is 0 Å². The van der Waals surface area contributed by atoms with E-state index < -0.39 is 0 Å². The quantitative estimate of drug-likeness (QED) is 0.575. The molecule has 2 aromatic rings. The van der Waals surface area contributed by atoms with Crippen molar-refractivity contribution in [3.05, 3.63) is 59.1 Å². The zero-order valence-corrected chi connectivity index (χ0v) is 17.8. The lowest BCUT2D eigenvalue weighted by Gasteiger charge is -2.18. The number of ether oxygens (including phenoxy) is 1. The molecular formula is C22H28ClN3O3. The third-order valence-corrected chi connectivity index (χ3v) is 4.36. The third-order valence-electron chi connectivity index (χ3n) is 4.11. The van der Waals surface area contributed by atoms with Gasteiger partial charge in [-0.05, 0) is 60.9 Å². The standard InChI is InChI=1S/C22H28ClN3O3/c1-16(2)15-29-14-4-13-24-22(28)25-19-9-11-20(12-10-19)26(3)21(27)17-5-7-18(23)8-6-17/h5-12,16H,4,13-15H2,1-3H3,(H2,24,25,28). The molecule has 0 aliphatic heterocycles. The number of rotatable bonds is 9. The number of carbonyl (C=O) groups is 2. The van der Waals surface area contributed by atoms with Crippen LogP contribution in [0.15, 0.2) is 48.5 Å². The Morgan fingerprint density at radius 2 is 1.72 bits per heavy atom. The molecule has 0 saturated heterocycles. The van der Waals surface area contributed by atoms with Gasteiger partial charge in [0.2, 0.25) is 0 Å². The molecule has 0 spiro atoms. The summed E-state index contributed by atoms with van der Waals surface area (Å²) in [6, 6.07) is 13.6. The number of hydrogen-bond acceptors (Lipinski definition) is 3. The monoisotopic (exact) mass is 417 g/mol. The number of anilines is 2. The molecule has 2 aromatic carbocycles. The molecule has 3 amide bonds. The minimum absolute atomic E-state index is 0.139.